The number of hydrogen-bond donors (Lipinski definition) is 1. The maximum absolute atomic E-state index is 5.50. The number of methoxy groups -OCH3 is 1. The molecule has 0 bridgehead atoms. The van der Waals surface area contributed by atoms with Gasteiger partial charge in [0.2, 0.25) is 0 Å². The summed E-state index contributed by atoms with van der Waals surface area (Å²) < 4.78 is 5.19. The van der Waals surface area contributed by atoms with Crippen molar-refractivity contribution < 1.29 is 4.74 Å². The molecular weight excluding hydrogens is 114 g/mol. The first-order valence-corrected chi connectivity index (χ1v) is 3.59. The van der Waals surface area contributed by atoms with Gasteiger partial charge in [0.05, 0.1) is 6.10 Å². The smallest absolute Gasteiger partial charge is 0.0574 e. The molecule has 0 amide bonds. The summed E-state index contributed by atoms with van der Waals surface area (Å²) in [6.07, 6.45) is 4.14. The third-order valence-corrected chi connectivity index (χ3v) is 2.16. The van der Waals surface area contributed by atoms with Crippen LogP contribution in [0.15, 0.2) is 0 Å². The number of nitrogens with two attached hydrogens (primary N) is 1. The largest absolute Gasteiger partial charge is 0.381 e. The minimum Gasteiger partial charge on any atom is -0.381 e. The average Bonchev–Trinajstić information content (AvgIpc) is 2.34. The molecule has 2 N–H and O–H groups in total. The van der Waals surface area contributed by atoms with E-state index in [0.717, 1.165) is 12.5 Å². The van der Waals surface area contributed by atoms with Crippen molar-refractivity contribution in [3.05, 3.63) is 0 Å². The Kier molecular flexibility index (Phi) is 2.49. The predicted molar refractivity (Wildman–Crippen MR) is 37.2 cm³/mol. The van der Waals surface area contributed by atoms with E-state index in [1.54, 1.807) is 7.11 Å². The van der Waals surface area contributed by atoms with Crippen LogP contribution in [-0.2, 0) is 4.74 Å². The normalized spacial score (nSPS) is 35.3. The van der Waals surface area contributed by atoms with Crippen molar-refractivity contribution in [2.24, 2.45) is 11.7 Å². The van der Waals surface area contributed by atoms with Crippen LogP contribution in [-0.4, -0.2) is 19.8 Å². The third kappa shape index (κ3) is 1.66. The molecule has 1 rings (SSSR count). The molecule has 2 heteroatoms. The molecule has 0 aliphatic heterocycles. The van der Waals surface area contributed by atoms with Gasteiger partial charge in [0.15, 0.2) is 0 Å². The number of rotatable bonds is 2. The highest BCUT2D eigenvalue weighted by atomic mass is 16.5. The van der Waals surface area contributed by atoms with Crippen molar-refractivity contribution in [3.8, 4) is 0 Å². The fourth-order valence-corrected chi connectivity index (χ4v) is 1.46. The number of hydrogen-bond acceptors (Lipinski definition) is 2. The van der Waals surface area contributed by atoms with E-state index >= 15 is 0 Å². The summed E-state index contributed by atoms with van der Waals surface area (Å²) in [6, 6.07) is 0. The summed E-state index contributed by atoms with van der Waals surface area (Å²) in [5.41, 5.74) is 5.50. The topological polar surface area (TPSA) is 35.2 Å². The minimum absolute atomic E-state index is 0.499. The molecule has 0 heterocycles. The highest BCUT2D eigenvalue weighted by Crippen LogP contribution is 2.25. The lowest BCUT2D eigenvalue weighted by atomic mass is 10.1. The quantitative estimate of drug-likeness (QED) is 0.597. The summed E-state index contributed by atoms with van der Waals surface area (Å²) in [6.45, 7) is 0.833. The molecule has 2 nitrogen and oxygen atoms in total. The SMILES string of the molecule is COC1CCC(CN)C1. The average molecular weight is 129 g/mol. The van der Waals surface area contributed by atoms with Crippen LogP contribution in [0, 0.1) is 5.92 Å². The van der Waals surface area contributed by atoms with Crippen LogP contribution >= 0.6 is 0 Å². The van der Waals surface area contributed by atoms with Gasteiger partial charge in [-0.25, -0.2) is 0 Å². The van der Waals surface area contributed by atoms with E-state index in [1.807, 2.05) is 0 Å². The first-order chi connectivity index (χ1) is 4.36. The lowest BCUT2D eigenvalue weighted by Crippen LogP contribution is -2.12. The van der Waals surface area contributed by atoms with Crippen LogP contribution in [0.3, 0.4) is 0 Å². The van der Waals surface area contributed by atoms with Gasteiger partial charge >= 0.3 is 0 Å². The Morgan fingerprint density at radius 2 is 2.33 bits per heavy atom. The molecule has 0 radical (unpaired) electrons. The Morgan fingerprint density at radius 1 is 1.56 bits per heavy atom. The second kappa shape index (κ2) is 3.18. The Hall–Kier alpha value is -0.0800. The van der Waals surface area contributed by atoms with Gasteiger partial charge in [-0.2, -0.15) is 0 Å². The Morgan fingerprint density at radius 3 is 2.67 bits per heavy atom. The fraction of sp³-hybridized carbons (Fsp3) is 1.00. The molecule has 2 atom stereocenters. The molecule has 0 aromatic rings. The van der Waals surface area contributed by atoms with E-state index in [2.05, 4.69) is 0 Å². The van der Waals surface area contributed by atoms with Crippen LogP contribution in [0.2, 0.25) is 0 Å². The van der Waals surface area contributed by atoms with Gasteiger partial charge in [0.25, 0.3) is 0 Å². The van der Waals surface area contributed by atoms with Crippen molar-refractivity contribution in [2.75, 3.05) is 13.7 Å². The second-order valence-electron chi connectivity index (χ2n) is 2.77. The van der Waals surface area contributed by atoms with E-state index in [9.17, 15) is 0 Å². The zero-order valence-electron chi connectivity index (χ0n) is 5.97. The maximum atomic E-state index is 5.50. The van der Waals surface area contributed by atoms with Gasteiger partial charge in [-0.05, 0) is 31.7 Å². The zero-order chi connectivity index (χ0) is 6.69. The van der Waals surface area contributed by atoms with Crippen molar-refractivity contribution in [3.63, 3.8) is 0 Å². The molecule has 1 saturated carbocycles. The first-order valence-electron chi connectivity index (χ1n) is 3.59. The Balaban J connectivity index is 2.20. The van der Waals surface area contributed by atoms with Crippen LogP contribution in [0.5, 0.6) is 0 Å². The molecule has 9 heavy (non-hydrogen) atoms. The Bertz CT molecular complexity index is 75.0. The third-order valence-electron chi connectivity index (χ3n) is 2.16. The summed E-state index contributed by atoms with van der Waals surface area (Å²) in [5.74, 6) is 0.731. The molecule has 1 fully saturated rings. The number of ether oxygens (including phenoxy) is 1. The predicted octanol–water partition coefficient (Wildman–Crippen LogP) is 0.760. The standard InChI is InChI=1S/C7H15NO/c1-9-7-3-2-6(4-7)5-8/h6-7H,2-5,8H2,1H3. The van der Waals surface area contributed by atoms with Crippen molar-refractivity contribution in [1.29, 1.82) is 0 Å². The highest BCUT2D eigenvalue weighted by molar-refractivity contribution is 4.75. The molecule has 54 valence electrons. The van der Waals surface area contributed by atoms with Gasteiger partial charge < -0.3 is 10.5 Å². The van der Waals surface area contributed by atoms with E-state index in [-0.39, 0.29) is 0 Å². The molecule has 0 aromatic heterocycles. The summed E-state index contributed by atoms with van der Waals surface area (Å²) in [5, 5.41) is 0. The first kappa shape index (κ1) is 7.03. The van der Waals surface area contributed by atoms with Crippen molar-refractivity contribution in [1.82, 2.24) is 0 Å². The van der Waals surface area contributed by atoms with Gasteiger partial charge in [0.1, 0.15) is 0 Å². The Labute approximate surface area is 56.4 Å². The van der Waals surface area contributed by atoms with Gasteiger partial charge in [-0.15, -0.1) is 0 Å². The van der Waals surface area contributed by atoms with E-state index in [1.165, 1.54) is 19.3 Å². The molecule has 1 aliphatic rings. The summed E-state index contributed by atoms with van der Waals surface area (Å²) in [7, 11) is 1.78. The molecular formula is C7H15NO. The molecule has 0 spiro atoms. The van der Waals surface area contributed by atoms with Gasteiger partial charge in [-0.3, -0.25) is 0 Å². The van der Waals surface area contributed by atoms with Gasteiger partial charge in [0, 0.05) is 7.11 Å². The van der Waals surface area contributed by atoms with Crippen molar-refractivity contribution in [2.45, 2.75) is 25.4 Å². The monoisotopic (exact) mass is 129 g/mol. The zero-order valence-corrected chi connectivity index (χ0v) is 5.97. The van der Waals surface area contributed by atoms with Crippen LogP contribution in [0.4, 0.5) is 0 Å². The molecule has 2 unspecified atom stereocenters. The van der Waals surface area contributed by atoms with E-state index < -0.39 is 0 Å². The summed E-state index contributed by atoms with van der Waals surface area (Å²) >= 11 is 0. The van der Waals surface area contributed by atoms with Crippen molar-refractivity contribution >= 4 is 0 Å². The van der Waals surface area contributed by atoms with E-state index in [4.69, 9.17) is 10.5 Å². The van der Waals surface area contributed by atoms with Crippen LogP contribution < -0.4 is 5.73 Å². The molecule has 0 aromatic carbocycles. The van der Waals surface area contributed by atoms with Crippen LogP contribution in [0.1, 0.15) is 19.3 Å². The van der Waals surface area contributed by atoms with E-state index in [0.29, 0.717) is 6.10 Å². The van der Waals surface area contributed by atoms with Gasteiger partial charge in [-0.1, -0.05) is 0 Å². The lowest BCUT2D eigenvalue weighted by molar-refractivity contribution is 0.106. The van der Waals surface area contributed by atoms with Crippen LogP contribution in [0.25, 0.3) is 0 Å². The fourth-order valence-electron chi connectivity index (χ4n) is 1.46. The molecule has 0 saturated heterocycles. The molecule has 1 aliphatic carbocycles. The minimum atomic E-state index is 0.499. The highest BCUT2D eigenvalue weighted by Gasteiger charge is 2.22. The second-order valence-corrected chi connectivity index (χ2v) is 2.77. The lowest BCUT2D eigenvalue weighted by Gasteiger charge is -2.06. The summed E-state index contributed by atoms with van der Waals surface area (Å²) in [4.78, 5) is 0. The maximum Gasteiger partial charge on any atom is 0.0574 e.